The molecular formula is C18H15Cl2N5O3S. The van der Waals surface area contributed by atoms with Crippen LogP contribution in [0.15, 0.2) is 47.6 Å². The Balaban J connectivity index is 1.71. The van der Waals surface area contributed by atoms with Gasteiger partial charge in [0.1, 0.15) is 0 Å². The number of halogens is 2. The lowest BCUT2D eigenvalue weighted by molar-refractivity contribution is -0.384. The zero-order valence-corrected chi connectivity index (χ0v) is 17.5. The Bertz CT molecular complexity index is 1070. The van der Waals surface area contributed by atoms with Crippen molar-refractivity contribution in [1.29, 1.82) is 0 Å². The molecule has 0 radical (unpaired) electrons. The Morgan fingerprint density at radius 1 is 1.24 bits per heavy atom. The van der Waals surface area contributed by atoms with Crippen molar-refractivity contribution in [2.24, 2.45) is 0 Å². The SMILES string of the molecule is CCn1c(SCC(=O)Nc2cccc([N+](=O)[O-])c2)nnc1-c1ccc(Cl)cc1Cl. The molecule has 1 amide bonds. The highest BCUT2D eigenvalue weighted by atomic mass is 35.5. The Kier molecular flexibility index (Phi) is 6.73. The molecule has 0 saturated heterocycles. The highest BCUT2D eigenvalue weighted by molar-refractivity contribution is 7.99. The predicted octanol–water partition coefficient (Wildman–Crippen LogP) is 4.91. The van der Waals surface area contributed by atoms with Crippen LogP contribution in [0, 0.1) is 10.1 Å². The van der Waals surface area contributed by atoms with Gasteiger partial charge in [-0.15, -0.1) is 10.2 Å². The normalized spacial score (nSPS) is 10.7. The van der Waals surface area contributed by atoms with E-state index in [2.05, 4.69) is 15.5 Å². The van der Waals surface area contributed by atoms with Crippen LogP contribution in [0.1, 0.15) is 6.92 Å². The molecule has 0 aliphatic rings. The van der Waals surface area contributed by atoms with Gasteiger partial charge in [-0.25, -0.2) is 0 Å². The van der Waals surface area contributed by atoms with Crippen molar-refractivity contribution in [3.05, 3.63) is 62.6 Å². The monoisotopic (exact) mass is 451 g/mol. The number of thioether (sulfide) groups is 1. The van der Waals surface area contributed by atoms with Crippen LogP contribution in [-0.2, 0) is 11.3 Å². The van der Waals surface area contributed by atoms with Gasteiger partial charge in [0.15, 0.2) is 11.0 Å². The van der Waals surface area contributed by atoms with Gasteiger partial charge in [0.2, 0.25) is 5.91 Å². The number of non-ortho nitro benzene ring substituents is 1. The maximum absolute atomic E-state index is 12.2. The number of carbonyl (C=O) groups excluding carboxylic acids is 1. The summed E-state index contributed by atoms with van der Waals surface area (Å²) >= 11 is 13.4. The van der Waals surface area contributed by atoms with Gasteiger partial charge < -0.3 is 9.88 Å². The summed E-state index contributed by atoms with van der Waals surface area (Å²) < 4.78 is 1.85. The summed E-state index contributed by atoms with van der Waals surface area (Å²) in [5.74, 6) is 0.331. The molecule has 1 heterocycles. The molecule has 29 heavy (non-hydrogen) atoms. The minimum atomic E-state index is -0.516. The van der Waals surface area contributed by atoms with Gasteiger partial charge in [0, 0.05) is 35.0 Å². The summed E-state index contributed by atoms with van der Waals surface area (Å²) in [4.78, 5) is 22.6. The summed E-state index contributed by atoms with van der Waals surface area (Å²) in [6.07, 6.45) is 0. The van der Waals surface area contributed by atoms with Crippen LogP contribution in [0.25, 0.3) is 11.4 Å². The summed E-state index contributed by atoms with van der Waals surface area (Å²) in [6.45, 7) is 2.51. The van der Waals surface area contributed by atoms with Crippen molar-refractivity contribution in [3.8, 4) is 11.4 Å². The third-order valence-electron chi connectivity index (χ3n) is 3.88. The number of hydrogen-bond donors (Lipinski definition) is 1. The number of rotatable bonds is 7. The Labute approximate surface area is 180 Å². The number of nitro groups is 1. The van der Waals surface area contributed by atoms with Crippen molar-refractivity contribution in [2.75, 3.05) is 11.1 Å². The summed E-state index contributed by atoms with van der Waals surface area (Å²) in [7, 11) is 0. The molecule has 150 valence electrons. The molecule has 0 bridgehead atoms. The van der Waals surface area contributed by atoms with E-state index < -0.39 is 4.92 Å². The van der Waals surface area contributed by atoms with Crippen molar-refractivity contribution in [3.63, 3.8) is 0 Å². The van der Waals surface area contributed by atoms with Crippen molar-refractivity contribution in [1.82, 2.24) is 14.8 Å². The molecule has 1 aromatic heterocycles. The van der Waals surface area contributed by atoms with Crippen LogP contribution in [0.3, 0.4) is 0 Å². The lowest BCUT2D eigenvalue weighted by Crippen LogP contribution is -2.14. The Morgan fingerprint density at radius 3 is 2.72 bits per heavy atom. The number of amides is 1. The van der Waals surface area contributed by atoms with E-state index in [9.17, 15) is 14.9 Å². The van der Waals surface area contributed by atoms with Gasteiger partial charge in [-0.3, -0.25) is 14.9 Å². The number of nitrogens with zero attached hydrogens (tertiary/aromatic N) is 4. The third-order valence-corrected chi connectivity index (χ3v) is 5.39. The topological polar surface area (TPSA) is 103 Å². The van der Waals surface area contributed by atoms with Gasteiger partial charge in [0.05, 0.1) is 15.7 Å². The van der Waals surface area contributed by atoms with Crippen LogP contribution >= 0.6 is 35.0 Å². The second-order valence-corrected chi connectivity index (χ2v) is 7.61. The zero-order valence-electron chi connectivity index (χ0n) is 15.1. The standard InChI is InChI=1S/C18H15Cl2N5O3S/c1-2-24-17(14-7-6-11(19)8-15(14)20)22-23-18(24)29-10-16(26)21-12-4-3-5-13(9-12)25(27)28/h3-9H,2,10H2,1H3,(H,21,26). The number of carbonyl (C=O) groups is 1. The van der Waals surface area contributed by atoms with Gasteiger partial charge >= 0.3 is 0 Å². The van der Waals surface area contributed by atoms with E-state index in [4.69, 9.17) is 23.2 Å². The van der Waals surface area contributed by atoms with Gasteiger partial charge in [-0.1, -0.05) is 41.0 Å². The molecule has 0 atom stereocenters. The first kappa shape index (κ1) is 21.1. The second kappa shape index (κ2) is 9.25. The largest absolute Gasteiger partial charge is 0.325 e. The molecule has 0 unspecified atom stereocenters. The molecule has 8 nitrogen and oxygen atoms in total. The fourth-order valence-corrected chi connectivity index (χ4v) is 3.87. The van der Waals surface area contributed by atoms with E-state index in [-0.39, 0.29) is 17.3 Å². The van der Waals surface area contributed by atoms with Crippen LogP contribution in [0.5, 0.6) is 0 Å². The highest BCUT2D eigenvalue weighted by Gasteiger charge is 2.17. The average molecular weight is 452 g/mol. The van der Waals surface area contributed by atoms with Gasteiger partial charge in [0.25, 0.3) is 5.69 Å². The summed E-state index contributed by atoms with van der Waals surface area (Å²) in [6, 6.07) is 10.9. The minimum absolute atomic E-state index is 0.0647. The van der Waals surface area contributed by atoms with E-state index in [0.717, 1.165) is 0 Å². The Morgan fingerprint density at radius 2 is 2.03 bits per heavy atom. The van der Waals surface area contributed by atoms with Crippen LogP contribution in [0.4, 0.5) is 11.4 Å². The van der Waals surface area contributed by atoms with E-state index in [1.807, 2.05) is 11.5 Å². The van der Waals surface area contributed by atoms with E-state index in [1.54, 1.807) is 24.3 Å². The Hall–Kier alpha value is -2.62. The van der Waals surface area contributed by atoms with Gasteiger partial charge in [-0.2, -0.15) is 0 Å². The molecule has 0 saturated carbocycles. The highest BCUT2D eigenvalue weighted by Crippen LogP contribution is 2.31. The average Bonchev–Trinajstić information content (AvgIpc) is 3.09. The fourth-order valence-electron chi connectivity index (χ4n) is 2.57. The third kappa shape index (κ3) is 5.06. The summed E-state index contributed by atoms with van der Waals surface area (Å²) in [5.41, 5.74) is 0.958. The maximum atomic E-state index is 12.2. The first-order valence-corrected chi connectivity index (χ1v) is 10.2. The quantitative estimate of drug-likeness (QED) is 0.310. The number of nitro benzene ring substituents is 1. The zero-order chi connectivity index (χ0) is 21.0. The molecule has 3 rings (SSSR count). The number of anilines is 1. The van der Waals surface area contributed by atoms with Crippen molar-refractivity contribution in [2.45, 2.75) is 18.6 Å². The summed E-state index contributed by atoms with van der Waals surface area (Å²) in [5, 5.41) is 23.4. The second-order valence-electron chi connectivity index (χ2n) is 5.82. The molecule has 11 heteroatoms. The minimum Gasteiger partial charge on any atom is -0.325 e. The number of hydrogen-bond acceptors (Lipinski definition) is 6. The molecule has 1 N–H and O–H groups in total. The van der Waals surface area contributed by atoms with E-state index >= 15 is 0 Å². The smallest absolute Gasteiger partial charge is 0.271 e. The lowest BCUT2D eigenvalue weighted by atomic mass is 10.2. The van der Waals surface area contributed by atoms with E-state index in [0.29, 0.717) is 38.8 Å². The number of benzene rings is 2. The fraction of sp³-hybridized carbons (Fsp3) is 0.167. The van der Waals surface area contributed by atoms with Crippen LogP contribution in [-0.4, -0.2) is 31.3 Å². The molecule has 0 aliphatic heterocycles. The number of aromatic nitrogens is 3. The van der Waals surface area contributed by atoms with E-state index in [1.165, 1.54) is 30.0 Å². The first-order chi connectivity index (χ1) is 13.9. The molecular weight excluding hydrogens is 437 g/mol. The lowest BCUT2D eigenvalue weighted by Gasteiger charge is -2.09. The maximum Gasteiger partial charge on any atom is 0.271 e. The van der Waals surface area contributed by atoms with Gasteiger partial charge in [-0.05, 0) is 31.2 Å². The molecule has 2 aromatic carbocycles. The predicted molar refractivity (Wildman–Crippen MR) is 114 cm³/mol. The number of nitrogens with one attached hydrogen (secondary N) is 1. The van der Waals surface area contributed by atoms with Crippen LogP contribution < -0.4 is 5.32 Å². The van der Waals surface area contributed by atoms with Crippen molar-refractivity contribution < 1.29 is 9.72 Å². The first-order valence-electron chi connectivity index (χ1n) is 8.44. The molecule has 3 aromatic rings. The molecule has 0 fully saturated rings. The molecule has 0 spiro atoms. The molecule has 0 aliphatic carbocycles. The van der Waals surface area contributed by atoms with Crippen LogP contribution in [0.2, 0.25) is 10.0 Å². The van der Waals surface area contributed by atoms with Crippen molar-refractivity contribution >= 4 is 52.2 Å².